The summed E-state index contributed by atoms with van der Waals surface area (Å²) in [5.74, 6) is 0. The molecule has 2 radical (unpaired) electrons. The van der Waals surface area contributed by atoms with Crippen LogP contribution in [0.3, 0.4) is 0 Å². The predicted octanol–water partition coefficient (Wildman–Crippen LogP) is -1.19. The second kappa shape index (κ2) is 16.6. The molecule has 0 amide bonds. The van der Waals surface area contributed by atoms with Crippen molar-refractivity contribution < 1.29 is 76.8 Å². The van der Waals surface area contributed by atoms with Crippen LogP contribution < -0.4 is 0 Å². The fourth-order valence-corrected chi connectivity index (χ4v) is 0. The molecule has 0 saturated carbocycles. The molecule has 0 spiro atoms. The van der Waals surface area contributed by atoms with E-state index in [4.69, 9.17) is 0 Å². The zero-order valence-electron chi connectivity index (χ0n) is 1.62. The van der Waals surface area contributed by atoms with Gasteiger partial charge in [-0.15, -0.1) is 0 Å². The van der Waals surface area contributed by atoms with Crippen LogP contribution in [-0.4, -0.2) is 17.4 Å². The Morgan fingerprint density at radius 1 is 1.00 bits per heavy atom. The fourth-order valence-electron chi connectivity index (χ4n) is 0. The average molecular weight is 290 g/mol. The van der Waals surface area contributed by atoms with Crippen LogP contribution in [0.2, 0.25) is 0 Å². The molecule has 0 fully saturated rings. The van der Waals surface area contributed by atoms with Gasteiger partial charge in [0.1, 0.15) is 0 Å². The van der Waals surface area contributed by atoms with E-state index in [1.54, 1.807) is 0 Å². The molecular weight excluding hydrogens is 287 g/mol. The van der Waals surface area contributed by atoms with E-state index < -0.39 is 0 Å². The Bertz CT molecular complexity index is 8.00. The first-order chi connectivity index (χ1) is 0. The van der Waals surface area contributed by atoms with E-state index in [1.807, 2.05) is 0 Å². The third-order valence-corrected chi connectivity index (χ3v) is 0. The van der Waals surface area contributed by atoms with Gasteiger partial charge in [-0.05, 0) is 0 Å². The molecule has 4 heteroatoms. The van der Waals surface area contributed by atoms with Gasteiger partial charge in [0.2, 0.25) is 0 Å². The largest absolute Gasteiger partial charge is 0.187 e. The van der Waals surface area contributed by atoms with Crippen LogP contribution in [0, 0.1) is 0 Å². The molecule has 0 aromatic carbocycles. The van der Waals surface area contributed by atoms with E-state index in [1.165, 1.54) is 0 Å². The van der Waals surface area contributed by atoms with Gasteiger partial charge >= 0.3 is 0 Å². The third kappa shape index (κ3) is 8.91. The number of rotatable bonds is 0. The molecule has 0 N–H and O–H groups in total. The van der Waals surface area contributed by atoms with E-state index in [0.717, 1.165) is 0 Å². The predicted molar refractivity (Wildman–Crippen MR) is 9.94 cm³/mol. The van der Waals surface area contributed by atoms with Gasteiger partial charge in [0.05, 0.1) is 0 Å². The summed E-state index contributed by atoms with van der Waals surface area (Å²) in [7, 11) is 0. The maximum absolute atomic E-state index is 0. The zero-order chi connectivity index (χ0) is 0. The molecule has 0 atom stereocenters. The van der Waals surface area contributed by atoms with E-state index in [0.29, 0.717) is 0 Å². The maximum Gasteiger partial charge on any atom is 0.187 e. The van der Waals surface area contributed by atoms with Gasteiger partial charge in [-0.2, -0.15) is 0 Å². The molecule has 0 aliphatic rings. The smallest absolute Gasteiger partial charge is 0 e. The Kier molecular flexibility index (Phi) is 115. The summed E-state index contributed by atoms with van der Waals surface area (Å²) in [6.07, 6.45) is 0. The first-order valence-electron chi connectivity index (χ1n) is 0. The average Bonchev–Trinajstić information content (AvgIpc) is 0. The fraction of sp³-hybridized carbons (Fsp3) is 0. The monoisotopic (exact) mass is 292 g/mol. The Balaban J connectivity index is 0. The molecular formula is H3AlCdCoY. The standard InChI is InChI=1S/Al.Cd.Co.Y.3H. The first-order valence-corrected chi connectivity index (χ1v) is 0. The van der Waals surface area contributed by atoms with Gasteiger partial charge in [-0.25, -0.2) is 0 Å². The summed E-state index contributed by atoms with van der Waals surface area (Å²) in [4.78, 5) is 0. The first kappa shape index (κ1) is 27.7. The third-order valence-electron chi connectivity index (χ3n) is 0. The van der Waals surface area contributed by atoms with Crippen LogP contribution in [0.25, 0.3) is 0 Å². The Morgan fingerprint density at radius 2 is 1.00 bits per heavy atom. The Morgan fingerprint density at radius 3 is 1.00 bits per heavy atom. The van der Waals surface area contributed by atoms with Gasteiger partial charge in [0.25, 0.3) is 0 Å². The van der Waals surface area contributed by atoms with Crippen molar-refractivity contribution in [1.82, 2.24) is 0 Å². The minimum atomic E-state index is 0. The molecule has 0 aliphatic carbocycles. The van der Waals surface area contributed by atoms with Gasteiger partial charge in [-0.1, -0.05) is 0 Å². The molecule has 0 rings (SSSR count). The van der Waals surface area contributed by atoms with Crippen molar-refractivity contribution in [2.75, 3.05) is 0 Å². The molecule has 4 heavy (non-hydrogen) atoms. The zero-order valence-corrected chi connectivity index (χ0v) is 9.53. The molecule has 0 aliphatic heterocycles. The van der Waals surface area contributed by atoms with Gasteiger partial charge in [0, 0.05) is 76.8 Å². The maximum atomic E-state index is 0. The van der Waals surface area contributed by atoms with Crippen molar-refractivity contribution in [3.05, 3.63) is 0 Å². The molecule has 0 aromatic rings. The normalized spacial score (nSPS) is 0. The van der Waals surface area contributed by atoms with E-state index in [2.05, 4.69) is 0 Å². The second-order valence-electron chi connectivity index (χ2n) is 0. The van der Waals surface area contributed by atoms with Crippen LogP contribution in [0.4, 0.5) is 0 Å². The van der Waals surface area contributed by atoms with Crippen LogP contribution >= 0.6 is 0 Å². The number of hydrogen-bond acceptors (Lipinski definition) is 0. The van der Waals surface area contributed by atoms with E-state index in [-0.39, 0.29) is 94.1 Å². The number of hydrogen-bond donors (Lipinski definition) is 0. The minimum Gasteiger partial charge on any atom is 0 e. The minimum absolute atomic E-state index is 0. The van der Waals surface area contributed by atoms with Crippen LogP contribution in [0.15, 0.2) is 0 Å². The summed E-state index contributed by atoms with van der Waals surface area (Å²) >= 11 is 0. The van der Waals surface area contributed by atoms with Crippen molar-refractivity contribution in [2.24, 2.45) is 0 Å². The Labute approximate surface area is 92.2 Å². The van der Waals surface area contributed by atoms with Crippen LogP contribution in [-0.2, 0) is 76.8 Å². The van der Waals surface area contributed by atoms with Crippen molar-refractivity contribution in [2.45, 2.75) is 0 Å². The van der Waals surface area contributed by atoms with Crippen LogP contribution in [0.5, 0.6) is 0 Å². The molecule has 0 nitrogen and oxygen atoms in total. The van der Waals surface area contributed by atoms with Crippen LogP contribution in [0.1, 0.15) is 0 Å². The summed E-state index contributed by atoms with van der Waals surface area (Å²) < 4.78 is 0. The SMILES string of the molecule is [AlH3].[Cd].[Co].[Y]. The molecule has 0 saturated heterocycles. The summed E-state index contributed by atoms with van der Waals surface area (Å²) in [6, 6.07) is 0. The van der Waals surface area contributed by atoms with Gasteiger partial charge < -0.3 is 0 Å². The van der Waals surface area contributed by atoms with Crippen molar-refractivity contribution in [3.63, 3.8) is 0 Å². The topological polar surface area (TPSA) is 0 Å². The summed E-state index contributed by atoms with van der Waals surface area (Å²) in [6.45, 7) is 0. The molecule has 0 aromatic heterocycles. The van der Waals surface area contributed by atoms with Crippen molar-refractivity contribution in [1.29, 1.82) is 0 Å². The van der Waals surface area contributed by atoms with E-state index in [9.17, 15) is 0 Å². The summed E-state index contributed by atoms with van der Waals surface area (Å²) in [5.41, 5.74) is 0. The molecule has 0 bridgehead atoms. The van der Waals surface area contributed by atoms with E-state index >= 15 is 0 Å². The molecule has 0 heterocycles. The second-order valence-corrected chi connectivity index (χ2v) is 0. The Hall–Kier alpha value is 3.06. The molecule has 0 unspecified atom stereocenters. The van der Waals surface area contributed by atoms with Crippen molar-refractivity contribution >= 4 is 17.4 Å². The summed E-state index contributed by atoms with van der Waals surface area (Å²) in [5, 5.41) is 0. The van der Waals surface area contributed by atoms with Gasteiger partial charge in [-0.3, -0.25) is 0 Å². The quantitative estimate of drug-likeness (QED) is 0.492. The molecule has 20 valence electrons. The van der Waals surface area contributed by atoms with Gasteiger partial charge in [0.15, 0.2) is 17.4 Å². The van der Waals surface area contributed by atoms with Crippen molar-refractivity contribution in [3.8, 4) is 0 Å².